The Morgan fingerprint density at radius 2 is 2.26 bits per heavy atom. The van der Waals surface area contributed by atoms with Crippen molar-refractivity contribution < 1.29 is 9.90 Å². The maximum atomic E-state index is 12.3. The number of aromatic nitrogens is 3. The highest BCUT2D eigenvalue weighted by atomic mass is 32.1. The minimum Gasteiger partial charge on any atom is -0.383 e. The molecule has 2 aromatic heterocycles. The van der Waals surface area contributed by atoms with Crippen molar-refractivity contribution in [3.05, 3.63) is 46.2 Å². The number of fused-ring (bicyclic) bond motifs is 1. The van der Waals surface area contributed by atoms with Gasteiger partial charge < -0.3 is 10.4 Å². The number of carbonyl (C=O) groups is 1. The zero-order chi connectivity index (χ0) is 16.4. The fourth-order valence-electron chi connectivity index (χ4n) is 2.37. The van der Waals surface area contributed by atoms with Crippen LogP contribution in [0.25, 0.3) is 11.0 Å². The molecular formula is C16H18N4O2S. The third kappa shape index (κ3) is 3.11. The molecule has 0 fully saturated rings. The minimum absolute atomic E-state index is 0.145. The zero-order valence-corrected chi connectivity index (χ0v) is 13.8. The van der Waals surface area contributed by atoms with Crippen molar-refractivity contribution in [1.29, 1.82) is 0 Å². The molecule has 0 aliphatic heterocycles. The Bertz CT molecular complexity index is 824. The van der Waals surface area contributed by atoms with Crippen molar-refractivity contribution in [3.8, 4) is 0 Å². The highest BCUT2D eigenvalue weighted by molar-refractivity contribution is 7.10. The van der Waals surface area contributed by atoms with E-state index >= 15 is 0 Å². The van der Waals surface area contributed by atoms with Gasteiger partial charge in [0.2, 0.25) is 0 Å². The topological polar surface area (TPSA) is 80.0 Å². The Balaban J connectivity index is 1.73. The Morgan fingerprint density at radius 3 is 2.96 bits per heavy atom. The van der Waals surface area contributed by atoms with Gasteiger partial charge in [0.25, 0.3) is 5.91 Å². The standard InChI is InChI=1S/C16H18N4O2S/c1-3-20-13-7-6-11(9-12(13)18-19-20)15(21)17-10-16(2,22)14-5-4-8-23-14/h4-9,22H,3,10H2,1-2H3,(H,17,21). The van der Waals surface area contributed by atoms with Crippen LogP contribution in [0, 0.1) is 0 Å². The zero-order valence-electron chi connectivity index (χ0n) is 13.0. The summed E-state index contributed by atoms with van der Waals surface area (Å²) in [6, 6.07) is 9.02. The third-order valence-electron chi connectivity index (χ3n) is 3.72. The first-order valence-corrected chi connectivity index (χ1v) is 8.27. The van der Waals surface area contributed by atoms with Crippen molar-refractivity contribution >= 4 is 28.3 Å². The third-order valence-corrected chi connectivity index (χ3v) is 4.84. The van der Waals surface area contributed by atoms with Gasteiger partial charge in [-0.2, -0.15) is 0 Å². The lowest BCUT2D eigenvalue weighted by molar-refractivity contribution is 0.0557. The lowest BCUT2D eigenvalue weighted by atomic mass is 10.0. The number of aliphatic hydroxyl groups is 1. The van der Waals surface area contributed by atoms with Crippen molar-refractivity contribution in [1.82, 2.24) is 20.3 Å². The molecule has 2 heterocycles. The van der Waals surface area contributed by atoms with Gasteiger partial charge in [0.05, 0.1) is 12.1 Å². The van der Waals surface area contributed by atoms with Crippen LogP contribution in [0.2, 0.25) is 0 Å². The van der Waals surface area contributed by atoms with Crippen LogP contribution in [0.4, 0.5) is 0 Å². The molecule has 1 aromatic carbocycles. The van der Waals surface area contributed by atoms with Crippen molar-refractivity contribution in [2.24, 2.45) is 0 Å². The van der Waals surface area contributed by atoms with Crippen LogP contribution in [-0.2, 0) is 12.1 Å². The second kappa shape index (κ2) is 6.10. The molecule has 0 aliphatic carbocycles. The molecule has 0 saturated heterocycles. The van der Waals surface area contributed by atoms with E-state index in [4.69, 9.17) is 0 Å². The largest absolute Gasteiger partial charge is 0.383 e. The summed E-state index contributed by atoms with van der Waals surface area (Å²) in [4.78, 5) is 13.1. The highest BCUT2D eigenvalue weighted by Crippen LogP contribution is 2.24. The predicted octanol–water partition coefficient (Wildman–Crippen LogP) is 2.15. The summed E-state index contributed by atoms with van der Waals surface area (Å²) >= 11 is 1.46. The quantitative estimate of drug-likeness (QED) is 0.751. The summed E-state index contributed by atoms with van der Waals surface area (Å²) in [5.41, 5.74) is 1.00. The van der Waals surface area contributed by atoms with Gasteiger partial charge in [-0.3, -0.25) is 4.79 Å². The number of thiophene rings is 1. The number of amides is 1. The molecule has 23 heavy (non-hydrogen) atoms. The van der Waals surface area contributed by atoms with E-state index in [1.807, 2.05) is 30.5 Å². The average Bonchev–Trinajstić information content (AvgIpc) is 3.21. The molecule has 3 rings (SSSR count). The van der Waals surface area contributed by atoms with Crippen LogP contribution in [0.1, 0.15) is 29.1 Å². The summed E-state index contributed by atoms with van der Waals surface area (Å²) in [5, 5.41) is 23.2. The van der Waals surface area contributed by atoms with E-state index in [9.17, 15) is 9.90 Å². The van der Waals surface area contributed by atoms with Crippen LogP contribution in [0.5, 0.6) is 0 Å². The Morgan fingerprint density at radius 1 is 1.43 bits per heavy atom. The Labute approximate surface area is 137 Å². The van der Waals surface area contributed by atoms with Crippen molar-refractivity contribution in [2.45, 2.75) is 26.0 Å². The van der Waals surface area contributed by atoms with E-state index in [0.29, 0.717) is 11.1 Å². The molecule has 1 unspecified atom stereocenters. The number of nitrogens with zero attached hydrogens (tertiary/aromatic N) is 3. The van der Waals surface area contributed by atoms with Gasteiger partial charge in [-0.05, 0) is 43.5 Å². The highest BCUT2D eigenvalue weighted by Gasteiger charge is 2.25. The smallest absolute Gasteiger partial charge is 0.251 e. The summed E-state index contributed by atoms with van der Waals surface area (Å²) in [7, 11) is 0. The second-order valence-corrected chi connectivity index (χ2v) is 6.49. The molecule has 7 heteroatoms. The van der Waals surface area contributed by atoms with Gasteiger partial charge in [-0.15, -0.1) is 16.4 Å². The summed E-state index contributed by atoms with van der Waals surface area (Å²) in [6.45, 7) is 4.55. The van der Waals surface area contributed by atoms with Gasteiger partial charge in [-0.1, -0.05) is 11.3 Å². The first kappa shape index (κ1) is 15.6. The van der Waals surface area contributed by atoms with Crippen LogP contribution in [-0.4, -0.2) is 32.6 Å². The maximum Gasteiger partial charge on any atom is 0.251 e. The van der Waals surface area contributed by atoms with E-state index in [1.165, 1.54) is 11.3 Å². The fourth-order valence-corrected chi connectivity index (χ4v) is 3.16. The van der Waals surface area contributed by atoms with Gasteiger partial charge in [0.15, 0.2) is 0 Å². The summed E-state index contributed by atoms with van der Waals surface area (Å²) in [5.74, 6) is -0.241. The lowest BCUT2D eigenvalue weighted by Gasteiger charge is -2.22. The van der Waals surface area contributed by atoms with Crippen LogP contribution >= 0.6 is 11.3 Å². The molecule has 2 N–H and O–H groups in total. The predicted molar refractivity (Wildman–Crippen MR) is 89.4 cm³/mol. The first-order valence-electron chi connectivity index (χ1n) is 7.39. The number of aryl methyl sites for hydroxylation is 1. The summed E-state index contributed by atoms with van der Waals surface area (Å²) < 4.78 is 1.78. The number of benzene rings is 1. The average molecular weight is 330 g/mol. The van der Waals surface area contributed by atoms with Crippen LogP contribution in [0.3, 0.4) is 0 Å². The number of hydrogen-bond donors (Lipinski definition) is 2. The summed E-state index contributed by atoms with van der Waals surface area (Å²) in [6.07, 6.45) is 0. The van der Waals surface area contributed by atoms with Gasteiger partial charge in [0, 0.05) is 17.0 Å². The Hall–Kier alpha value is -2.25. The normalized spacial score (nSPS) is 13.9. The molecule has 0 saturated carbocycles. The van der Waals surface area contributed by atoms with E-state index in [-0.39, 0.29) is 12.5 Å². The molecule has 1 amide bonds. The molecule has 0 spiro atoms. The Kier molecular flexibility index (Phi) is 4.14. The number of carbonyl (C=O) groups excluding carboxylic acids is 1. The van der Waals surface area contributed by atoms with E-state index in [2.05, 4.69) is 15.6 Å². The van der Waals surface area contributed by atoms with Gasteiger partial charge >= 0.3 is 0 Å². The molecule has 0 aliphatic rings. The van der Waals surface area contributed by atoms with Crippen LogP contribution < -0.4 is 5.32 Å². The molecular weight excluding hydrogens is 312 g/mol. The van der Waals surface area contributed by atoms with E-state index in [1.54, 1.807) is 23.7 Å². The SMILES string of the molecule is CCn1nnc2cc(C(=O)NCC(C)(O)c3cccs3)ccc21. The fraction of sp³-hybridized carbons (Fsp3) is 0.312. The van der Waals surface area contributed by atoms with E-state index in [0.717, 1.165) is 16.9 Å². The lowest BCUT2D eigenvalue weighted by Crippen LogP contribution is -2.38. The minimum atomic E-state index is -1.08. The molecule has 3 aromatic rings. The molecule has 0 bridgehead atoms. The van der Waals surface area contributed by atoms with Crippen LogP contribution in [0.15, 0.2) is 35.7 Å². The van der Waals surface area contributed by atoms with Gasteiger partial charge in [-0.25, -0.2) is 4.68 Å². The monoisotopic (exact) mass is 330 g/mol. The maximum absolute atomic E-state index is 12.3. The number of nitrogens with one attached hydrogen (secondary N) is 1. The first-order chi connectivity index (χ1) is 11.0. The van der Waals surface area contributed by atoms with Gasteiger partial charge in [0.1, 0.15) is 11.1 Å². The number of rotatable bonds is 5. The molecule has 0 radical (unpaired) electrons. The molecule has 120 valence electrons. The van der Waals surface area contributed by atoms with Crippen molar-refractivity contribution in [3.63, 3.8) is 0 Å². The number of hydrogen-bond acceptors (Lipinski definition) is 5. The van der Waals surface area contributed by atoms with E-state index < -0.39 is 5.60 Å². The molecule has 1 atom stereocenters. The second-order valence-electron chi connectivity index (χ2n) is 5.54. The molecule has 6 nitrogen and oxygen atoms in total. The van der Waals surface area contributed by atoms with Crippen molar-refractivity contribution in [2.75, 3.05) is 6.54 Å².